The minimum Gasteiger partial charge on any atom is -0.490 e. The van der Waals surface area contributed by atoms with Crippen LogP contribution < -0.4 is 4.74 Å². The van der Waals surface area contributed by atoms with Crippen molar-refractivity contribution in [2.75, 3.05) is 6.61 Å². The van der Waals surface area contributed by atoms with Crippen LogP contribution >= 0.6 is 0 Å². The highest BCUT2D eigenvalue weighted by molar-refractivity contribution is 5.97. The van der Waals surface area contributed by atoms with Crippen LogP contribution in [0.2, 0.25) is 0 Å². The summed E-state index contributed by atoms with van der Waals surface area (Å²) in [5, 5.41) is 0. The van der Waals surface area contributed by atoms with E-state index in [0.29, 0.717) is 29.4 Å². The lowest BCUT2D eigenvalue weighted by Gasteiger charge is -2.27. The normalized spacial score (nSPS) is 13.6. The smallest absolute Gasteiger partial charge is 0.309 e. The second-order valence-electron chi connectivity index (χ2n) is 9.01. The quantitative estimate of drug-likeness (QED) is 0.350. The lowest BCUT2D eigenvalue weighted by atomic mass is 9.82. The summed E-state index contributed by atoms with van der Waals surface area (Å²) in [6, 6.07) is 13.3. The van der Waals surface area contributed by atoms with E-state index in [0.717, 1.165) is 5.56 Å². The van der Waals surface area contributed by atoms with Gasteiger partial charge in [-0.15, -0.1) is 0 Å². The molecule has 6 nitrogen and oxygen atoms in total. The second-order valence-corrected chi connectivity index (χ2v) is 9.01. The molecule has 0 aliphatic carbocycles. The van der Waals surface area contributed by atoms with Crippen LogP contribution in [0, 0.1) is 12.8 Å². The van der Waals surface area contributed by atoms with Gasteiger partial charge in [-0.1, -0.05) is 37.3 Å². The number of benzene rings is 1. The molecule has 0 N–H and O–H groups in total. The summed E-state index contributed by atoms with van der Waals surface area (Å²) >= 11 is 0. The Morgan fingerprint density at radius 3 is 2.41 bits per heavy atom. The molecule has 0 saturated carbocycles. The Labute approximate surface area is 189 Å². The first kappa shape index (κ1) is 23.5. The fraction of sp³-hybridized carbons (Fsp3) is 0.423. The number of ether oxygens (including phenoxy) is 2. The fourth-order valence-corrected chi connectivity index (χ4v) is 3.90. The number of rotatable bonds is 8. The Morgan fingerprint density at radius 1 is 1.09 bits per heavy atom. The molecule has 6 heteroatoms. The third-order valence-corrected chi connectivity index (χ3v) is 5.37. The van der Waals surface area contributed by atoms with E-state index in [1.165, 1.54) is 0 Å². The zero-order chi connectivity index (χ0) is 23.5. The van der Waals surface area contributed by atoms with Gasteiger partial charge in [-0.05, 0) is 52.3 Å². The largest absolute Gasteiger partial charge is 0.490 e. The molecular weight excluding hydrogens is 404 g/mol. The zero-order valence-electron chi connectivity index (χ0n) is 19.7. The van der Waals surface area contributed by atoms with Crippen molar-refractivity contribution in [1.29, 1.82) is 0 Å². The van der Waals surface area contributed by atoms with Gasteiger partial charge >= 0.3 is 5.97 Å². The summed E-state index contributed by atoms with van der Waals surface area (Å²) in [5.41, 5.74) is 2.11. The number of pyridine rings is 1. The molecule has 2 atom stereocenters. The molecule has 0 unspecified atom stereocenters. The number of aryl methyl sites for hydroxylation is 1. The Hall–Kier alpha value is -3.15. The number of hydrogen-bond acceptors (Lipinski definition) is 5. The first-order chi connectivity index (χ1) is 15.1. The third-order valence-electron chi connectivity index (χ3n) is 5.37. The van der Waals surface area contributed by atoms with Crippen molar-refractivity contribution in [2.45, 2.75) is 59.5 Å². The Kier molecular flexibility index (Phi) is 7.02. The van der Waals surface area contributed by atoms with Gasteiger partial charge in [0.15, 0.2) is 17.2 Å². The molecule has 1 aromatic carbocycles. The molecule has 0 bridgehead atoms. The molecule has 0 spiro atoms. The summed E-state index contributed by atoms with van der Waals surface area (Å²) in [7, 11) is 0. The highest BCUT2D eigenvalue weighted by Gasteiger charge is 2.32. The summed E-state index contributed by atoms with van der Waals surface area (Å²) < 4.78 is 13.1. The van der Waals surface area contributed by atoms with Crippen molar-refractivity contribution in [3.8, 4) is 5.75 Å². The number of esters is 1. The predicted octanol–water partition coefficient (Wildman–Crippen LogP) is 5.38. The lowest BCUT2D eigenvalue weighted by Crippen LogP contribution is -2.31. The van der Waals surface area contributed by atoms with Crippen LogP contribution in [-0.2, 0) is 9.53 Å². The molecule has 32 heavy (non-hydrogen) atoms. The average Bonchev–Trinajstić information content (AvgIpc) is 3.08. The molecule has 3 aromatic rings. The molecule has 0 fully saturated rings. The van der Waals surface area contributed by atoms with Gasteiger partial charge in [0, 0.05) is 18.5 Å². The first-order valence-corrected chi connectivity index (χ1v) is 11.0. The minimum absolute atomic E-state index is 0.0760. The maximum Gasteiger partial charge on any atom is 0.309 e. The maximum absolute atomic E-state index is 13.6. The van der Waals surface area contributed by atoms with E-state index in [2.05, 4.69) is 4.98 Å². The van der Waals surface area contributed by atoms with E-state index in [9.17, 15) is 9.59 Å². The van der Waals surface area contributed by atoms with Crippen molar-refractivity contribution in [2.24, 2.45) is 5.92 Å². The van der Waals surface area contributed by atoms with Gasteiger partial charge in [0.05, 0.1) is 18.2 Å². The predicted molar refractivity (Wildman–Crippen MR) is 124 cm³/mol. The van der Waals surface area contributed by atoms with E-state index in [1.807, 2.05) is 90.2 Å². The molecular formula is C26H32N2O4. The summed E-state index contributed by atoms with van der Waals surface area (Å²) in [4.78, 5) is 31.0. The van der Waals surface area contributed by atoms with Gasteiger partial charge in [0.25, 0.3) is 0 Å². The Morgan fingerprint density at radius 2 is 1.78 bits per heavy atom. The maximum atomic E-state index is 13.6. The monoisotopic (exact) mass is 436 g/mol. The number of imidazole rings is 1. The molecule has 3 rings (SSSR count). The van der Waals surface area contributed by atoms with Crippen LogP contribution in [0.3, 0.4) is 0 Å². The second kappa shape index (κ2) is 9.55. The SMILES string of the molecule is CCOc1cccn2c(C(=O)C[C@H](c3ccccc3)[C@@H](C)C(=O)OC(C)(C)C)c(C)nc12. The van der Waals surface area contributed by atoms with Crippen molar-refractivity contribution >= 4 is 17.4 Å². The topological polar surface area (TPSA) is 69.9 Å². The standard InChI is InChI=1S/C26H32N2O4/c1-7-31-22-14-11-15-28-23(18(3)27-24(22)28)21(29)16-20(19-12-9-8-10-13-19)17(2)25(30)32-26(4,5)6/h8-15,17,20H,7,16H2,1-6H3/t17-,20+/m1/s1. The van der Waals surface area contributed by atoms with Gasteiger partial charge in [-0.2, -0.15) is 0 Å². The minimum atomic E-state index is -0.593. The number of aromatic nitrogens is 2. The van der Waals surface area contributed by atoms with E-state index >= 15 is 0 Å². The van der Waals surface area contributed by atoms with E-state index < -0.39 is 11.5 Å². The molecule has 2 aromatic heterocycles. The van der Waals surface area contributed by atoms with E-state index in [-0.39, 0.29) is 24.1 Å². The summed E-state index contributed by atoms with van der Waals surface area (Å²) in [6.45, 7) is 11.6. The van der Waals surface area contributed by atoms with Crippen molar-refractivity contribution in [1.82, 2.24) is 9.38 Å². The lowest BCUT2D eigenvalue weighted by molar-refractivity contribution is -0.160. The third kappa shape index (κ3) is 5.18. The van der Waals surface area contributed by atoms with Crippen LogP contribution in [0.4, 0.5) is 0 Å². The molecule has 0 saturated heterocycles. The van der Waals surface area contributed by atoms with Crippen molar-refractivity contribution in [3.05, 3.63) is 65.6 Å². The van der Waals surface area contributed by atoms with Crippen molar-refractivity contribution < 1.29 is 19.1 Å². The van der Waals surface area contributed by atoms with Gasteiger partial charge in [0.2, 0.25) is 0 Å². The number of ketones is 1. The van der Waals surface area contributed by atoms with Crippen LogP contribution in [0.1, 0.15) is 68.7 Å². The highest BCUT2D eigenvalue weighted by Crippen LogP contribution is 2.32. The van der Waals surface area contributed by atoms with Gasteiger partial charge in [0.1, 0.15) is 11.3 Å². The van der Waals surface area contributed by atoms with Crippen LogP contribution in [0.5, 0.6) is 5.75 Å². The number of carbonyl (C=O) groups is 2. The highest BCUT2D eigenvalue weighted by atomic mass is 16.6. The number of carbonyl (C=O) groups excluding carboxylic acids is 2. The molecule has 170 valence electrons. The summed E-state index contributed by atoms with van der Waals surface area (Å²) in [6.07, 6.45) is 1.98. The number of Topliss-reactive ketones (excluding diaryl/α,β-unsaturated/α-hetero) is 1. The molecule has 0 aliphatic rings. The van der Waals surface area contributed by atoms with Gasteiger partial charge < -0.3 is 9.47 Å². The number of fused-ring (bicyclic) bond motifs is 1. The fourth-order valence-electron chi connectivity index (χ4n) is 3.90. The number of nitrogens with zero attached hydrogens (tertiary/aromatic N) is 2. The first-order valence-electron chi connectivity index (χ1n) is 11.0. The van der Waals surface area contributed by atoms with Gasteiger partial charge in [-0.3, -0.25) is 14.0 Å². The molecule has 0 radical (unpaired) electrons. The van der Waals surface area contributed by atoms with Crippen LogP contribution in [0.15, 0.2) is 48.7 Å². The van der Waals surface area contributed by atoms with Crippen molar-refractivity contribution in [3.63, 3.8) is 0 Å². The van der Waals surface area contributed by atoms with E-state index in [1.54, 1.807) is 4.40 Å². The Bertz CT molecular complexity index is 1100. The molecule has 2 heterocycles. The molecule has 0 aliphatic heterocycles. The van der Waals surface area contributed by atoms with Crippen LogP contribution in [0.25, 0.3) is 5.65 Å². The zero-order valence-corrected chi connectivity index (χ0v) is 19.7. The van der Waals surface area contributed by atoms with E-state index in [4.69, 9.17) is 9.47 Å². The number of hydrogen-bond donors (Lipinski definition) is 0. The Balaban J connectivity index is 1.97. The molecule has 0 amide bonds. The van der Waals surface area contributed by atoms with Gasteiger partial charge in [-0.25, -0.2) is 4.98 Å². The van der Waals surface area contributed by atoms with Crippen LogP contribution in [-0.4, -0.2) is 33.3 Å². The average molecular weight is 437 g/mol. The summed E-state index contributed by atoms with van der Waals surface area (Å²) in [5.74, 6) is -0.558.